The van der Waals surface area contributed by atoms with E-state index in [-0.39, 0.29) is 5.78 Å². The van der Waals surface area contributed by atoms with E-state index in [0.717, 1.165) is 9.35 Å². The fourth-order valence-corrected chi connectivity index (χ4v) is 2.52. The summed E-state index contributed by atoms with van der Waals surface area (Å²) < 4.78 is 0.957. The van der Waals surface area contributed by atoms with Crippen molar-refractivity contribution in [3.05, 3.63) is 50.8 Å². The van der Waals surface area contributed by atoms with Crippen molar-refractivity contribution < 1.29 is 4.79 Å². The smallest absolute Gasteiger partial charge is 0.195 e. The van der Waals surface area contributed by atoms with Crippen LogP contribution in [0, 0.1) is 6.92 Å². The van der Waals surface area contributed by atoms with E-state index in [2.05, 4.69) is 15.9 Å². The van der Waals surface area contributed by atoms with Gasteiger partial charge in [-0.05, 0) is 37.3 Å². The molecule has 0 saturated heterocycles. The van der Waals surface area contributed by atoms with Gasteiger partial charge in [-0.25, -0.2) is 0 Å². The van der Waals surface area contributed by atoms with E-state index in [4.69, 9.17) is 5.73 Å². The van der Waals surface area contributed by atoms with E-state index < -0.39 is 0 Å². The molecule has 82 valence electrons. The Hall–Kier alpha value is -1.13. The van der Waals surface area contributed by atoms with Crippen molar-refractivity contribution in [2.24, 2.45) is 0 Å². The van der Waals surface area contributed by atoms with Gasteiger partial charge in [-0.15, -0.1) is 11.3 Å². The van der Waals surface area contributed by atoms with Crippen LogP contribution in [0.15, 0.2) is 34.8 Å². The Balaban J connectivity index is 2.39. The van der Waals surface area contributed by atoms with Crippen LogP contribution in [0.3, 0.4) is 0 Å². The minimum absolute atomic E-state index is 0.0191. The highest BCUT2D eigenvalue weighted by molar-refractivity contribution is 9.10. The van der Waals surface area contributed by atoms with Gasteiger partial charge in [0, 0.05) is 14.9 Å². The molecule has 0 spiro atoms. The lowest BCUT2D eigenvalue weighted by Crippen LogP contribution is -2.02. The van der Waals surface area contributed by atoms with Crippen molar-refractivity contribution in [2.75, 3.05) is 5.73 Å². The Labute approximate surface area is 106 Å². The first-order valence-corrected chi connectivity index (χ1v) is 6.35. The second-order valence-electron chi connectivity index (χ2n) is 3.47. The minimum Gasteiger partial charge on any atom is -0.390 e. The van der Waals surface area contributed by atoms with Crippen LogP contribution in [-0.2, 0) is 0 Å². The standard InChI is InChI=1S/C12H10BrNOS/c1-7-6-10(12(14)16-7)11(15)8-2-4-9(13)5-3-8/h2-6H,14H2,1H3. The fraction of sp³-hybridized carbons (Fsp3) is 0.0833. The molecule has 2 N–H and O–H groups in total. The number of anilines is 1. The lowest BCUT2D eigenvalue weighted by atomic mass is 10.1. The molecular formula is C12H10BrNOS. The Morgan fingerprint density at radius 3 is 2.44 bits per heavy atom. The lowest BCUT2D eigenvalue weighted by Gasteiger charge is -1.99. The summed E-state index contributed by atoms with van der Waals surface area (Å²) >= 11 is 4.78. The summed E-state index contributed by atoms with van der Waals surface area (Å²) in [7, 11) is 0. The van der Waals surface area contributed by atoms with E-state index in [1.165, 1.54) is 11.3 Å². The molecule has 2 aromatic rings. The first kappa shape index (κ1) is 11.4. The molecule has 1 aromatic carbocycles. The first-order chi connectivity index (χ1) is 7.58. The van der Waals surface area contributed by atoms with Crippen molar-refractivity contribution in [3.63, 3.8) is 0 Å². The number of carbonyl (C=O) groups is 1. The molecule has 1 heterocycles. The topological polar surface area (TPSA) is 43.1 Å². The van der Waals surface area contributed by atoms with Crippen LogP contribution >= 0.6 is 27.3 Å². The molecule has 0 saturated carbocycles. The SMILES string of the molecule is Cc1cc(C(=O)c2ccc(Br)cc2)c(N)s1. The molecule has 0 aliphatic heterocycles. The third-order valence-corrected chi connectivity index (χ3v) is 3.64. The largest absolute Gasteiger partial charge is 0.390 e. The molecule has 0 aliphatic rings. The predicted octanol–water partition coefficient (Wildman–Crippen LogP) is 3.63. The third kappa shape index (κ3) is 2.18. The van der Waals surface area contributed by atoms with Crippen molar-refractivity contribution in [1.82, 2.24) is 0 Å². The number of aryl methyl sites for hydroxylation is 1. The van der Waals surface area contributed by atoms with Crippen LogP contribution in [-0.4, -0.2) is 5.78 Å². The zero-order valence-corrected chi connectivity index (χ0v) is 11.1. The maximum Gasteiger partial charge on any atom is 0.195 e. The third-order valence-electron chi connectivity index (χ3n) is 2.24. The number of nitrogen functional groups attached to an aromatic ring is 1. The molecule has 0 unspecified atom stereocenters. The highest BCUT2D eigenvalue weighted by Gasteiger charge is 2.14. The quantitative estimate of drug-likeness (QED) is 0.860. The summed E-state index contributed by atoms with van der Waals surface area (Å²) in [4.78, 5) is 13.2. The number of benzene rings is 1. The second kappa shape index (κ2) is 4.39. The van der Waals surface area contributed by atoms with Gasteiger partial charge in [0.25, 0.3) is 0 Å². The maximum absolute atomic E-state index is 12.1. The summed E-state index contributed by atoms with van der Waals surface area (Å²) in [5.41, 5.74) is 7.06. The number of nitrogens with two attached hydrogens (primary N) is 1. The summed E-state index contributed by atoms with van der Waals surface area (Å²) in [6.07, 6.45) is 0. The van der Waals surface area contributed by atoms with Gasteiger partial charge in [-0.3, -0.25) is 4.79 Å². The van der Waals surface area contributed by atoms with E-state index >= 15 is 0 Å². The number of halogens is 1. The number of hydrogen-bond donors (Lipinski definition) is 1. The van der Waals surface area contributed by atoms with Gasteiger partial charge in [-0.2, -0.15) is 0 Å². The van der Waals surface area contributed by atoms with Gasteiger partial charge in [0.15, 0.2) is 5.78 Å². The van der Waals surface area contributed by atoms with E-state index in [0.29, 0.717) is 16.1 Å². The molecule has 2 rings (SSSR count). The van der Waals surface area contributed by atoms with Gasteiger partial charge >= 0.3 is 0 Å². The molecule has 0 aliphatic carbocycles. The molecule has 1 aromatic heterocycles. The van der Waals surface area contributed by atoms with Crippen molar-refractivity contribution in [2.45, 2.75) is 6.92 Å². The van der Waals surface area contributed by atoms with Gasteiger partial charge < -0.3 is 5.73 Å². The Morgan fingerprint density at radius 2 is 1.94 bits per heavy atom. The number of rotatable bonds is 2. The molecule has 4 heteroatoms. The normalized spacial score (nSPS) is 10.4. The fourth-order valence-electron chi connectivity index (χ4n) is 1.47. The highest BCUT2D eigenvalue weighted by atomic mass is 79.9. The molecular weight excluding hydrogens is 286 g/mol. The zero-order valence-electron chi connectivity index (χ0n) is 8.66. The molecule has 0 atom stereocenters. The maximum atomic E-state index is 12.1. The summed E-state index contributed by atoms with van der Waals surface area (Å²) in [5.74, 6) is -0.0191. The van der Waals surface area contributed by atoms with E-state index in [1.54, 1.807) is 12.1 Å². The molecule has 0 bridgehead atoms. The average Bonchev–Trinajstić information content (AvgIpc) is 2.58. The van der Waals surface area contributed by atoms with Crippen LogP contribution in [0.1, 0.15) is 20.8 Å². The Kier molecular flexibility index (Phi) is 3.12. The molecule has 0 radical (unpaired) electrons. The monoisotopic (exact) mass is 295 g/mol. The minimum atomic E-state index is -0.0191. The highest BCUT2D eigenvalue weighted by Crippen LogP contribution is 2.26. The lowest BCUT2D eigenvalue weighted by molar-refractivity contribution is 0.104. The van der Waals surface area contributed by atoms with Crippen LogP contribution in [0.5, 0.6) is 0 Å². The van der Waals surface area contributed by atoms with Gasteiger partial charge in [0.1, 0.15) is 0 Å². The first-order valence-electron chi connectivity index (χ1n) is 4.74. The average molecular weight is 296 g/mol. The Bertz CT molecular complexity index is 530. The zero-order chi connectivity index (χ0) is 11.7. The number of hydrogen-bond acceptors (Lipinski definition) is 3. The van der Waals surface area contributed by atoms with Gasteiger partial charge in [-0.1, -0.05) is 15.9 Å². The number of ketones is 1. The molecule has 2 nitrogen and oxygen atoms in total. The van der Waals surface area contributed by atoms with Crippen LogP contribution < -0.4 is 5.73 Å². The van der Waals surface area contributed by atoms with Crippen LogP contribution in [0.25, 0.3) is 0 Å². The van der Waals surface area contributed by atoms with E-state index in [9.17, 15) is 4.79 Å². The van der Waals surface area contributed by atoms with Crippen LogP contribution in [0.4, 0.5) is 5.00 Å². The molecule has 0 fully saturated rings. The second-order valence-corrected chi connectivity index (χ2v) is 5.67. The molecule has 0 amide bonds. The van der Waals surface area contributed by atoms with E-state index in [1.807, 2.05) is 25.1 Å². The van der Waals surface area contributed by atoms with Gasteiger partial charge in [0.05, 0.1) is 10.6 Å². The van der Waals surface area contributed by atoms with Gasteiger partial charge in [0.2, 0.25) is 0 Å². The molecule has 16 heavy (non-hydrogen) atoms. The summed E-state index contributed by atoms with van der Waals surface area (Å²) in [6.45, 7) is 1.94. The summed E-state index contributed by atoms with van der Waals surface area (Å²) in [6, 6.07) is 9.12. The van der Waals surface area contributed by atoms with Crippen molar-refractivity contribution >= 4 is 38.1 Å². The number of carbonyl (C=O) groups excluding carboxylic acids is 1. The Morgan fingerprint density at radius 1 is 1.31 bits per heavy atom. The van der Waals surface area contributed by atoms with Crippen molar-refractivity contribution in [3.8, 4) is 0 Å². The van der Waals surface area contributed by atoms with Crippen molar-refractivity contribution in [1.29, 1.82) is 0 Å². The predicted molar refractivity (Wildman–Crippen MR) is 71.0 cm³/mol. The summed E-state index contributed by atoms with van der Waals surface area (Å²) in [5, 5.41) is 0.588. The number of thiophene rings is 1. The van der Waals surface area contributed by atoms with Crippen LogP contribution in [0.2, 0.25) is 0 Å².